The molecule has 0 bridgehead atoms. The first-order valence-corrected chi connectivity index (χ1v) is 7.75. The summed E-state index contributed by atoms with van der Waals surface area (Å²) in [6, 6.07) is 10.4. The van der Waals surface area contributed by atoms with Crippen LogP contribution in [0.5, 0.6) is 0 Å². The third-order valence-electron chi connectivity index (χ3n) is 4.04. The molecule has 3 heterocycles. The lowest BCUT2D eigenvalue weighted by atomic mass is 10.1. The van der Waals surface area contributed by atoms with Crippen molar-refractivity contribution in [3.05, 3.63) is 52.4 Å². The van der Waals surface area contributed by atoms with E-state index < -0.39 is 0 Å². The highest BCUT2D eigenvalue weighted by Crippen LogP contribution is 2.32. The molecule has 3 aromatic rings. The van der Waals surface area contributed by atoms with Gasteiger partial charge in [-0.05, 0) is 11.1 Å². The first kappa shape index (κ1) is 13.5. The van der Waals surface area contributed by atoms with Crippen LogP contribution in [0.2, 0.25) is 5.15 Å². The largest absolute Gasteiger partial charge is 0.360 e. The van der Waals surface area contributed by atoms with Crippen molar-refractivity contribution >= 4 is 22.9 Å². The second-order valence-electron chi connectivity index (χ2n) is 5.93. The van der Waals surface area contributed by atoms with Gasteiger partial charge in [0.2, 0.25) is 5.65 Å². The number of aromatic nitrogens is 4. The molecule has 0 spiro atoms. The molecule has 1 aromatic carbocycles. The zero-order valence-corrected chi connectivity index (χ0v) is 13.2. The lowest BCUT2D eigenvalue weighted by molar-refractivity contribution is 0.719. The Balaban J connectivity index is 1.83. The summed E-state index contributed by atoms with van der Waals surface area (Å²) in [5.74, 6) is 1.07. The fourth-order valence-corrected chi connectivity index (χ4v) is 3.13. The number of nitrogens with zero attached hydrogens (tertiary/aromatic N) is 5. The Morgan fingerprint density at radius 1 is 1.09 bits per heavy atom. The zero-order chi connectivity index (χ0) is 15.3. The van der Waals surface area contributed by atoms with E-state index in [1.54, 1.807) is 4.52 Å². The number of anilines is 1. The number of rotatable bonds is 2. The van der Waals surface area contributed by atoms with E-state index in [9.17, 15) is 0 Å². The number of hydrogen-bond donors (Lipinski definition) is 0. The molecule has 0 fully saturated rings. The van der Waals surface area contributed by atoms with Crippen LogP contribution in [-0.4, -0.2) is 19.8 Å². The van der Waals surface area contributed by atoms with Crippen LogP contribution in [0.1, 0.15) is 36.7 Å². The molecular formula is C16H16ClN5. The second kappa shape index (κ2) is 4.95. The van der Waals surface area contributed by atoms with Crippen LogP contribution in [0.25, 0.3) is 5.65 Å². The lowest BCUT2D eigenvalue weighted by Crippen LogP contribution is -2.16. The van der Waals surface area contributed by atoms with Crippen molar-refractivity contribution in [1.82, 2.24) is 19.8 Å². The normalized spacial score (nSPS) is 14.1. The lowest BCUT2D eigenvalue weighted by Gasteiger charge is -2.18. The van der Waals surface area contributed by atoms with Gasteiger partial charge in [0, 0.05) is 25.1 Å². The Labute approximate surface area is 133 Å². The molecule has 1 aliphatic rings. The van der Waals surface area contributed by atoms with Crippen LogP contribution in [0.4, 0.5) is 5.69 Å². The van der Waals surface area contributed by atoms with Gasteiger partial charge in [-0.15, -0.1) is 10.2 Å². The smallest absolute Gasteiger partial charge is 0.201 e. The highest BCUT2D eigenvalue weighted by Gasteiger charge is 2.23. The monoisotopic (exact) mass is 313 g/mol. The van der Waals surface area contributed by atoms with Crippen LogP contribution >= 0.6 is 11.6 Å². The van der Waals surface area contributed by atoms with E-state index in [1.165, 1.54) is 11.1 Å². The summed E-state index contributed by atoms with van der Waals surface area (Å²) in [4.78, 5) is 2.27. The summed E-state index contributed by atoms with van der Waals surface area (Å²) in [6.45, 7) is 5.86. The van der Waals surface area contributed by atoms with Gasteiger partial charge in [-0.25, -0.2) is 0 Å². The number of fused-ring (bicyclic) bond motifs is 2. The Hall–Kier alpha value is -2.14. The molecule has 0 unspecified atom stereocenters. The molecule has 2 aromatic heterocycles. The minimum Gasteiger partial charge on any atom is -0.360 e. The van der Waals surface area contributed by atoms with Crippen LogP contribution in [0, 0.1) is 0 Å². The predicted molar refractivity (Wildman–Crippen MR) is 86.2 cm³/mol. The van der Waals surface area contributed by atoms with Crippen molar-refractivity contribution in [2.75, 3.05) is 4.90 Å². The van der Waals surface area contributed by atoms with Crippen molar-refractivity contribution < 1.29 is 0 Å². The first-order chi connectivity index (χ1) is 10.6. The van der Waals surface area contributed by atoms with E-state index in [-0.39, 0.29) is 5.92 Å². The molecule has 0 amide bonds. The average Bonchev–Trinajstić information content (AvgIpc) is 3.09. The Morgan fingerprint density at radius 3 is 2.41 bits per heavy atom. The van der Waals surface area contributed by atoms with E-state index in [0.29, 0.717) is 5.15 Å². The minimum atomic E-state index is 0.240. The molecule has 0 radical (unpaired) electrons. The molecule has 0 N–H and O–H groups in total. The van der Waals surface area contributed by atoms with Gasteiger partial charge in [0.1, 0.15) is 0 Å². The fraction of sp³-hybridized carbons (Fsp3) is 0.312. The Morgan fingerprint density at radius 2 is 1.77 bits per heavy atom. The van der Waals surface area contributed by atoms with Gasteiger partial charge in [0.25, 0.3) is 0 Å². The van der Waals surface area contributed by atoms with Gasteiger partial charge >= 0.3 is 0 Å². The molecule has 1 aliphatic heterocycles. The van der Waals surface area contributed by atoms with Crippen LogP contribution in [0.15, 0.2) is 30.3 Å². The Kier molecular flexibility index (Phi) is 3.04. The number of benzene rings is 1. The SMILES string of the molecule is CC(C)c1nnc2c(N3Cc4ccccc4C3)cc(Cl)nn12. The first-order valence-electron chi connectivity index (χ1n) is 7.37. The topological polar surface area (TPSA) is 46.3 Å². The molecule has 6 heteroatoms. The number of hydrogen-bond acceptors (Lipinski definition) is 4. The van der Waals surface area contributed by atoms with Crippen molar-refractivity contribution in [2.24, 2.45) is 0 Å². The maximum absolute atomic E-state index is 6.23. The molecule has 0 atom stereocenters. The summed E-state index contributed by atoms with van der Waals surface area (Å²) in [5.41, 5.74) is 4.44. The van der Waals surface area contributed by atoms with Crippen molar-refractivity contribution in [2.45, 2.75) is 32.9 Å². The van der Waals surface area contributed by atoms with E-state index >= 15 is 0 Å². The highest BCUT2D eigenvalue weighted by molar-refractivity contribution is 6.29. The highest BCUT2D eigenvalue weighted by atomic mass is 35.5. The van der Waals surface area contributed by atoms with E-state index in [0.717, 1.165) is 30.2 Å². The molecule has 22 heavy (non-hydrogen) atoms. The van der Waals surface area contributed by atoms with Gasteiger partial charge in [-0.3, -0.25) is 0 Å². The molecule has 112 valence electrons. The molecule has 4 rings (SSSR count). The predicted octanol–water partition coefficient (Wildman–Crippen LogP) is 3.42. The molecule has 0 saturated heterocycles. The summed E-state index contributed by atoms with van der Waals surface area (Å²) >= 11 is 6.23. The fourth-order valence-electron chi connectivity index (χ4n) is 2.95. The van der Waals surface area contributed by atoms with E-state index in [4.69, 9.17) is 11.6 Å². The molecule has 5 nitrogen and oxygen atoms in total. The molecule has 0 saturated carbocycles. The van der Waals surface area contributed by atoms with Crippen LogP contribution in [-0.2, 0) is 13.1 Å². The van der Waals surface area contributed by atoms with Crippen molar-refractivity contribution in [3.63, 3.8) is 0 Å². The minimum absolute atomic E-state index is 0.240. The summed E-state index contributed by atoms with van der Waals surface area (Å²) in [5, 5.41) is 13.4. The maximum Gasteiger partial charge on any atom is 0.201 e. The van der Waals surface area contributed by atoms with Crippen molar-refractivity contribution in [1.29, 1.82) is 0 Å². The van der Waals surface area contributed by atoms with Crippen LogP contribution in [0.3, 0.4) is 0 Å². The standard InChI is InChI=1S/C16H16ClN5/c1-10(2)15-18-19-16-13(7-14(17)20-22(15)16)21-8-11-5-3-4-6-12(11)9-21/h3-7,10H,8-9H2,1-2H3. The van der Waals surface area contributed by atoms with Gasteiger partial charge in [0.05, 0.1) is 5.69 Å². The quantitative estimate of drug-likeness (QED) is 0.727. The molecule has 0 aliphatic carbocycles. The van der Waals surface area contributed by atoms with Gasteiger partial charge in [-0.1, -0.05) is 49.7 Å². The third-order valence-corrected chi connectivity index (χ3v) is 4.23. The van der Waals surface area contributed by atoms with Gasteiger partial charge < -0.3 is 4.90 Å². The van der Waals surface area contributed by atoms with Gasteiger partial charge in [-0.2, -0.15) is 9.61 Å². The average molecular weight is 314 g/mol. The molecular weight excluding hydrogens is 298 g/mol. The third kappa shape index (κ3) is 2.04. The second-order valence-corrected chi connectivity index (χ2v) is 6.31. The van der Waals surface area contributed by atoms with E-state index in [2.05, 4.69) is 58.3 Å². The zero-order valence-electron chi connectivity index (χ0n) is 12.5. The number of halogens is 1. The summed E-state index contributed by atoms with van der Waals surface area (Å²) < 4.78 is 1.77. The van der Waals surface area contributed by atoms with Crippen LogP contribution < -0.4 is 4.90 Å². The Bertz CT molecular complexity index is 830. The van der Waals surface area contributed by atoms with Crippen molar-refractivity contribution in [3.8, 4) is 0 Å². The maximum atomic E-state index is 6.23. The summed E-state index contributed by atoms with van der Waals surface area (Å²) in [6.07, 6.45) is 0. The van der Waals surface area contributed by atoms with E-state index in [1.807, 2.05) is 6.07 Å². The summed E-state index contributed by atoms with van der Waals surface area (Å²) in [7, 11) is 0. The van der Waals surface area contributed by atoms with Gasteiger partial charge in [0.15, 0.2) is 11.0 Å².